The summed E-state index contributed by atoms with van der Waals surface area (Å²) in [4.78, 5) is 28.3. The number of carbonyl (C=O) groups excluding carboxylic acids is 1. The summed E-state index contributed by atoms with van der Waals surface area (Å²) in [7, 11) is 0. The average Bonchev–Trinajstić information content (AvgIpc) is 3.09. The Morgan fingerprint density at radius 2 is 1.93 bits per heavy atom. The second-order valence-corrected chi connectivity index (χ2v) is 7.39. The van der Waals surface area contributed by atoms with Crippen LogP contribution < -0.4 is 5.32 Å². The van der Waals surface area contributed by atoms with Crippen molar-refractivity contribution in [3.63, 3.8) is 0 Å². The summed E-state index contributed by atoms with van der Waals surface area (Å²) in [6, 6.07) is 12.6. The molecule has 0 saturated carbocycles. The molecule has 2 aromatic carbocycles. The fourth-order valence-corrected chi connectivity index (χ4v) is 3.75. The number of aromatic nitrogens is 1. The number of aliphatic carboxylic acids is 1. The van der Waals surface area contributed by atoms with Crippen LogP contribution in [0.2, 0.25) is 10.0 Å². The van der Waals surface area contributed by atoms with Crippen molar-refractivity contribution in [2.24, 2.45) is 0 Å². The number of halogens is 2. The molecule has 0 radical (unpaired) electrons. The smallest absolute Gasteiger partial charge is 0.330 e. The van der Waals surface area contributed by atoms with Crippen LogP contribution in [0.25, 0.3) is 10.6 Å². The van der Waals surface area contributed by atoms with Crippen molar-refractivity contribution < 1.29 is 14.7 Å². The third kappa shape index (κ3) is 4.86. The van der Waals surface area contributed by atoms with Crippen molar-refractivity contribution in [3.05, 3.63) is 75.2 Å². The third-order valence-corrected chi connectivity index (χ3v) is 5.25. The minimum absolute atomic E-state index is 0.0364. The summed E-state index contributed by atoms with van der Waals surface area (Å²) in [5.74, 6) is -1.64. The molecule has 27 heavy (non-hydrogen) atoms. The van der Waals surface area contributed by atoms with E-state index in [2.05, 4.69) is 10.3 Å². The van der Waals surface area contributed by atoms with E-state index in [9.17, 15) is 14.7 Å². The van der Waals surface area contributed by atoms with Gasteiger partial charge in [-0.3, -0.25) is 4.79 Å². The molecule has 0 saturated heterocycles. The molecule has 5 nitrogen and oxygen atoms in total. The fraction of sp³-hybridized carbons (Fsp3) is 0.105. The van der Waals surface area contributed by atoms with Gasteiger partial charge in [-0.15, -0.1) is 11.3 Å². The Morgan fingerprint density at radius 3 is 2.63 bits per heavy atom. The molecule has 0 aliphatic carbocycles. The molecule has 0 aliphatic rings. The molecule has 3 rings (SSSR count). The predicted octanol–water partition coefficient (Wildman–Crippen LogP) is 4.60. The molecule has 1 atom stereocenters. The Hall–Kier alpha value is -2.41. The predicted molar refractivity (Wildman–Crippen MR) is 106 cm³/mol. The van der Waals surface area contributed by atoms with E-state index >= 15 is 0 Å². The van der Waals surface area contributed by atoms with Crippen molar-refractivity contribution in [2.45, 2.75) is 12.5 Å². The molecule has 138 valence electrons. The number of nitrogens with one attached hydrogen (secondary N) is 1. The average molecular weight is 421 g/mol. The first-order valence-corrected chi connectivity index (χ1v) is 9.54. The van der Waals surface area contributed by atoms with Gasteiger partial charge >= 0.3 is 5.97 Å². The van der Waals surface area contributed by atoms with E-state index in [4.69, 9.17) is 23.2 Å². The number of nitrogens with zero attached hydrogens (tertiary/aromatic N) is 1. The van der Waals surface area contributed by atoms with Gasteiger partial charge in [-0.2, -0.15) is 0 Å². The van der Waals surface area contributed by atoms with Crippen LogP contribution in [0.5, 0.6) is 0 Å². The van der Waals surface area contributed by atoms with E-state index in [1.165, 1.54) is 11.3 Å². The van der Waals surface area contributed by atoms with Gasteiger partial charge in [0.2, 0.25) is 5.91 Å². The highest BCUT2D eigenvalue weighted by Crippen LogP contribution is 2.27. The molecule has 3 aromatic rings. The van der Waals surface area contributed by atoms with Crippen molar-refractivity contribution in [1.82, 2.24) is 10.3 Å². The summed E-state index contributed by atoms with van der Waals surface area (Å²) in [6.45, 7) is 0. The highest BCUT2D eigenvalue weighted by molar-refractivity contribution is 7.13. The second-order valence-electron chi connectivity index (χ2n) is 5.69. The Kier molecular flexibility index (Phi) is 6.11. The van der Waals surface area contributed by atoms with Crippen molar-refractivity contribution in [2.75, 3.05) is 0 Å². The van der Waals surface area contributed by atoms with Crippen LogP contribution in [-0.2, 0) is 16.0 Å². The number of carboxylic acid groups (broad SMARTS) is 1. The number of carboxylic acids is 1. The van der Waals surface area contributed by atoms with Gasteiger partial charge in [-0.25, -0.2) is 9.78 Å². The molecule has 0 aliphatic heterocycles. The van der Waals surface area contributed by atoms with Gasteiger partial charge in [0.15, 0.2) is 6.04 Å². The number of benzene rings is 2. The van der Waals surface area contributed by atoms with Gasteiger partial charge in [0.25, 0.3) is 0 Å². The number of hydrogen-bond donors (Lipinski definition) is 2. The maximum absolute atomic E-state index is 12.3. The Balaban J connectivity index is 1.72. The zero-order valence-electron chi connectivity index (χ0n) is 13.9. The van der Waals surface area contributed by atoms with Crippen LogP contribution in [0.4, 0.5) is 0 Å². The standard InChI is InChI=1S/C19H14Cl2N2O3S/c20-12-5-3-4-11(8-12)18-22-13(10-27-18)9-16(24)23-17(19(25)26)14-6-1-2-7-15(14)21/h1-8,10,17H,9H2,(H,23,24)(H,25,26). The first-order chi connectivity index (χ1) is 12.9. The molecule has 0 fully saturated rings. The van der Waals surface area contributed by atoms with Crippen molar-refractivity contribution in [1.29, 1.82) is 0 Å². The number of carbonyl (C=O) groups is 2. The van der Waals surface area contributed by atoms with E-state index in [-0.39, 0.29) is 11.4 Å². The summed E-state index contributed by atoms with van der Waals surface area (Å²) in [6.07, 6.45) is -0.0364. The minimum atomic E-state index is -1.22. The molecule has 0 bridgehead atoms. The van der Waals surface area contributed by atoms with Gasteiger partial charge in [0, 0.05) is 26.6 Å². The summed E-state index contributed by atoms with van der Waals surface area (Å²) < 4.78 is 0. The van der Waals surface area contributed by atoms with E-state index in [1.807, 2.05) is 12.1 Å². The lowest BCUT2D eigenvalue weighted by molar-refractivity contribution is -0.142. The Bertz CT molecular complexity index is 990. The van der Waals surface area contributed by atoms with Crippen molar-refractivity contribution in [3.8, 4) is 10.6 Å². The molecule has 8 heteroatoms. The second kappa shape index (κ2) is 8.52. The van der Waals surface area contributed by atoms with Gasteiger partial charge < -0.3 is 10.4 Å². The number of hydrogen-bond acceptors (Lipinski definition) is 4. The summed E-state index contributed by atoms with van der Waals surface area (Å²) in [5, 5.41) is 15.3. The zero-order chi connectivity index (χ0) is 19.4. The first kappa shape index (κ1) is 19.4. The lowest BCUT2D eigenvalue weighted by Gasteiger charge is -2.15. The molecular formula is C19H14Cl2N2O3S. The minimum Gasteiger partial charge on any atom is -0.479 e. The van der Waals surface area contributed by atoms with E-state index in [0.717, 1.165) is 10.6 Å². The van der Waals surface area contributed by atoms with Gasteiger partial charge in [0.1, 0.15) is 5.01 Å². The van der Waals surface area contributed by atoms with Crippen LogP contribution in [0.15, 0.2) is 53.9 Å². The quantitative estimate of drug-likeness (QED) is 0.610. The molecule has 1 unspecified atom stereocenters. The first-order valence-electron chi connectivity index (χ1n) is 7.91. The maximum Gasteiger partial charge on any atom is 0.330 e. The Labute approximate surface area is 169 Å². The number of rotatable bonds is 6. The summed E-state index contributed by atoms with van der Waals surface area (Å²) >= 11 is 13.4. The monoisotopic (exact) mass is 420 g/mol. The maximum atomic E-state index is 12.3. The zero-order valence-corrected chi connectivity index (χ0v) is 16.2. The highest BCUT2D eigenvalue weighted by Gasteiger charge is 2.24. The van der Waals surface area contributed by atoms with Gasteiger partial charge in [-0.1, -0.05) is 53.5 Å². The summed E-state index contributed by atoms with van der Waals surface area (Å²) in [5.41, 5.74) is 1.74. The van der Waals surface area contributed by atoms with Gasteiger partial charge in [0.05, 0.1) is 12.1 Å². The molecule has 2 N–H and O–H groups in total. The van der Waals surface area contributed by atoms with E-state index < -0.39 is 17.9 Å². The van der Waals surface area contributed by atoms with Crippen LogP contribution in [0, 0.1) is 0 Å². The molecule has 1 heterocycles. The normalized spacial score (nSPS) is 11.8. The van der Waals surface area contributed by atoms with E-state index in [0.29, 0.717) is 16.3 Å². The van der Waals surface area contributed by atoms with Crippen LogP contribution in [0.1, 0.15) is 17.3 Å². The third-order valence-electron chi connectivity index (χ3n) is 3.73. The largest absolute Gasteiger partial charge is 0.479 e. The molecule has 1 amide bonds. The van der Waals surface area contributed by atoms with Crippen molar-refractivity contribution >= 4 is 46.4 Å². The lowest BCUT2D eigenvalue weighted by Crippen LogP contribution is -2.35. The topological polar surface area (TPSA) is 79.3 Å². The lowest BCUT2D eigenvalue weighted by atomic mass is 10.1. The van der Waals surface area contributed by atoms with Crippen LogP contribution in [0.3, 0.4) is 0 Å². The molecular weight excluding hydrogens is 407 g/mol. The van der Waals surface area contributed by atoms with Crippen LogP contribution in [-0.4, -0.2) is 22.0 Å². The molecule has 0 spiro atoms. The number of amides is 1. The SMILES string of the molecule is O=C(Cc1csc(-c2cccc(Cl)c2)n1)NC(C(=O)O)c1ccccc1Cl. The van der Waals surface area contributed by atoms with Crippen LogP contribution >= 0.6 is 34.5 Å². The Morgan fingerprint density at radius 1 is 1.15 bits per heavy atom. The number of thiazole rings is 1. The molecule has 1 aromatic heterocycles. The van der Waals surface area contributed by atoms with Gasteiger partial charge in [-0.05, 0) is 18.2 Å². The fourth-order valence-electron chi connectivity index (χ4n) is 2.50. The highest BCUT2D eigenvalue weighted by atomic mass is 35.5. The van der Waals surface area contributed by atoms with E-state index in [1.54, 1.807) is 41.8 Å².